The molecule has 0 spiro atoms. The largest absolute Gasteiger partial charge is 0.417 e. The van der Waals surface area contributed by atoms with Gasteiger partial charge in [0.2, 0.25) is 0 Å². The molecule has 1 fully saturated rings. The molecule has 1 aliphatic heterocycles. The normalized spacial score (nSPS) is 15.7. The Hall–Kier alpha value is -3.56. The topological polar surface area (TPSA) is 39.1 Å². The second-order valence-electron chi connectivity index (χ2n) is 9.87. The van der Waals surface area contributed by atoms with E-state index in [-0.39, 0.29) is 17.4 Å². The van der Waals surface area contributed by atoms with Crippen molar-refractivity contribution in [1.82, 2.24) is 10.2 Å². The molecule has 3 nitrogen and oxygen atoms in total. The lowest BCUT2D eigenvalue weighted by Crippen LogP contribution is -2.33. The van der Waals surface area contributed by atoms with Crippen LogP contribution in [0.1, 0.15) is 46.6 Å². The van der Waals surface area contributed by atoms with Gasteiger partial charge in [0.25, 0.3) is 0 Å². The molecule has 0 aromatic heterocycles. The fourth-order valence-corrected chi connectivity index (χ4v) is 5.25. The molecule has 0 amide bonds. The molecule has 1 N–H and O–H groups in total. The van der Waals surface area contributed by atoms with Gasteiger partial charge in [-0.05, 0) is 91.2 Å². The highest BCUT2D eigenvalue weighted by molar-refractivity contribution is 5.69. The van der Waals surface area contributed by atoms with Crippen LogP contribution in [0.2, 0.25) is 0 Å². The maximum absolute atomic E-state index is 13.8. The lowest BCUT2D eigenvalue weighted by atomic mass is 9.76. The van der Waals surface area contributed by atoms with E-state index in [4.69, 9.17) is 0 Å². The first-order chi connectivity index (χ1) is 17.7. The van der Waals surface area contributed by atoms with Crippen molar-refractivity contribution >= 4 is 5.70 Å². The minimum atomic E-state index is -4.57. The molecule has 1 saturated heterocycles. The number of hydrogen-bond donors (Lipinski definition) is 1. The number of hydrogen-bond acceptors (Lipinski definition) is 3. The molecular formula is C31H32F3N3. The summed E-state index contributed by atoms with van der Waals surface area (Å²) in [4.78, 5) is 2.26. The van der Waals surface area contributed by atoms with Crippen molar-refractivity contribution in [2.45, 2.75) is 31.4 Å². The van der Waals surface area contributed by atoms with Gasteiger partial charge >= 0.3 is 6.18 Å². The molecule has 0 bridgehead atoms. The zero-order valence-electron chi connectivity index (χ0n) is 21.3. The monoisotopic (exact) mass is 503 g/mol. The second kappa shape index (κ2) is 11.2. The van der Waals surface area contributed by atoms with E-state index in [1.807, 2.05) is 25.2 Å². The molecule has 1 unspecified atom stereocenters. The Morgan fingerprint density at radius 1 is 1.05 bits per heavy atom. The van der Waals surface area contributed by atoms with Crippen LogP contribution < -0.4 is 5.32 Å². The van der Waals surface area contributed by atoms with Gasteiger partial charge in [-0.15, -0.1) is 0 Å². The summed E-state index contributed by atoms with van der Waals surface area (Å²) in [6.45, 7) is 5.85. The van der Waals surface area contributed by atoms with Crippen molar-refractivity contribution in [1.29, 1.82) is 5.26 Å². The third-order valence-electron chi connectivity index (χ3n) is 7.48. The number of alkyl halides is 3. The summed E-state index contributed by atoms with van der Waals surface area (Å²) in [6.07, 6.45) is -2.07. The number of nitriles is 1. The molecule has 0 saturated carbocycles. The third kappa shape index (κ3) is 6.23. The molecule has 37 heavy (non-hydrogen) atoms. The van der Waals surface area contributed by atoms with Crippen LogP contribution in [-0.4, -0.2) is 32.1 Å². The SMILES string of the molecule is C=C(NC)c1ccc(-c2cccc(CC(c3ccc(C#N)c(C(F)(F)F)c3)C3CCN(C)CC3)c2)cc1. The third-order valence-corrected chi connectivity index (χ3v) is 7.48. The molecule has 6 heteroatoms. The van der Waals surface area contributed by atoms with Crippen molar-refractivity contribution in [2.75, 3.05) is 27.2 Å². The summed E-state index contributed by atoms with van der Waals surface area (Å²) in [5, 5.41) is 12.3. The number of piperidine rings is 1. The van der Waals surface area contributed by atoms with E-state index in [0.29, 0.717) is 12.0 Å². The summed E-state index contributed by atoms with van der Waals surface area (Å²) < 4.78 is 41.3. The quantitative estimate of drug-likeness (QED) is 0.374. The Balaban J connectivity index is 1.67. The summed E-state index contributed by atoms with van der Waals surface area (Å²) >= 11 is 0. The first kappa shape index (κ1) is 26.5. The average molecular weight is 504 g/mol. The molecule has 3 aromatic carbocycles. The van der Waals surface area contributed by atoms with Crippen LogP contribution in [0.5, 0.6) is 0 Å². The van der Waals surface area contributed by atoms with Crippen LogP contribution in [0.15, 0.2) is 73.3 Å². The molecule has 0 radical (unpaired) electrons. The fourth-order valence-electron chi connectivity index (χ4n) is 5.25. The Bertz CT molecular complexity index is 1280. The lowest BCUT2D eigenvalue weighted by molar-refractivity contribution is -0.137. The van der Waals surface area contributed by atoms with Gasteiger partial charge in [0.15, 0.2) is 0 Å². The van der Waals surface area contributed by atoms with E-state index in [1.54, 1.807) is 12.1 Å². The highest BCUT2D eigenvalue weighted by atomic mass is 19.4. The maximum atomic E-state index is 13.8. The second-order valence-corrected chi connectivity index (χ2v) is 9.87. The lowest BCUT2D eigenvalue weighted by Gasteiger charge is -2.35. The molecular weight excluding hydrogens is 471 g/mol. The molecule has 0 aliphatic carbocycles. The van der Waals surface area contributed by atoms with E-state index < -0.39 is 11.7 Å². The molecule has 3 aromatic rings. The Morgan fingerprint density at radius 3 is 2.38 bits per heavy atom. The standard InChI is InChI=1S/C31H32F3N3/c1-21(36-2)23-7-9-24(10-8-23)26-6-4-5-22(17-26)18-29(25-13-15-37(3)16-14-25)27-11-12-28(20-35)30(19-27)31(32,33)34/h4-12,17,19,25,29,36H,1,13-16,18H2,2-3H3. The van der Waals surface area contributed by atoms with E-state index in [0.717, 1.165) is 53.9 Å². The smallest absolute Gasteiger partial charge is 0.388 e. The minimum absolute atomic E-state index is 0.0703. The predicted octanol–water partition coefficient (Wildman–Crippen LogP) is 7.10. The van der Waals surface area contributed by atoms with Crippen LogP contribution in [0.25, 0.3) is 16.8 Å². The number of nitrogens with one attached hydrogen (secondary N) is 1. The van der Waals surface area contributed by atoms with E-state index in [1.165, 1.54) is 12.1 Å². The summed E-state index contributed by atoms with van der Waals surface area (Å²) in [6, 6.07) is 22.4. The number of likely N-dealkylation sites (tertiary alicyclic amines) is 1. The molecule has 4 rings (SSSR count). The van der Waals surface area contributed by atoms with E-state index >= 15 is 0 Å². The van der Waals surface area contributed by atoms with Crippen LogP contribution >= 0.6 is 0 Å². The fraction of sp³-hybridized carbons (Fsp3) is 0.323. The average Bonchev–Trinajstić information content (AvgIpc) is 2.91. The van der Waals surface area contributed by atoms with Gasteiger partial charge in [-0.25, -0.2) is 0 Å². The van der Waals surface area contributed by atoms with Crippen molar-refractivity contribution in [3.8, 4) is 17.2 Å². The molecule has 192 valence electrons. The number of nitrogens with zero attached hydrogens (tertiary/aromatic N) is 2. The predicted molar refractivity (Wildman–Crippen MR) is 143 cm³/mol. The number of rotatable bonds is 7. The van der Waals surface area contributed by atoms with Gasteiger partial charge in [0.1, 0.15) is 0 Å². The maximum Gasteiger partial charge on any atom is 0.417 e. The van der Waals surface area contributed by atoms with Gasteiger partial charge in [-0.3, -0.25) is 0 Å². The molecule has 1 heterocycles. The molecule has 1 aliphatic rings. The highest BCUT2D eigenvalue weighted by Crippen LogP contribution is 2.39. The molecule has 1 atom stereocenters. The number of halogens is 3. The zero-order chi connectivity index (χ0) is 26.6. The van der Waals surface area contributed by atoms with Gasteiger partial charge < -0.3 is 10.2 Å². The van der Waals surface area contributed by atoms with Crippen molar-refractivity contribution in [2.24, 2.45) is 5.92 Å². The van der Waals surface area contributed by atoms with Crippen molar-refractivity contribution in [3.05, 3.63) is 101 Å². The zero-order valence-corrected chi connectivity index (χ0v) is 21.3. The first-order valence-electron chi connectivity index (χ1n) is 12.6. The Morgan fingerprint density at radius 2 is 1.76 bits per heavy atom. The first-order valence-corrected chi connectivity index (χ1v) is 12.6. The van der Waals surface area contributed by atoms with E-state index in [9.17, 15) is 18.4 Å². The van der Waals surface area contributed by atoms with Gasteiger partial charge in [-0.2, -0.15) is 18.4 Å². The Kier molecular flexibility index (Phi) is 8.04. The van der Waals surface area contributed by atoms with Crippen LogP contribution in [0, 0.1) is 17.2 Å². The van der Waals surface area contributed by atoms with Crippen molar-refractivity contribution in [3.63, 3.8) is 0 Å². The van der Waals surface area contributed by atoms with Gasteiger partial charge in [0.05, 0.1) is 17.2 Å². The Labute approximate surface area is 217 Å². The van der Waals surface area contributed by atoms with Crippen LogP contribution in [0.4, 0.5) is 13.2 Å². The summed E-state index contributed by atoms with van der Waals surface area (Å²) in [5.41, 5.74) is 4.57. The van der Waals surface area contributed by atoms with Crippen molar-refractivity contribution < 1.29 is 13.2 Å². The minimum Gasteiger partial charge on any atom is -0.388 e. The van der Waals surface area contributed by atoms with Crippen LogP contribution in [-0.2, 0) is 12.6 Å². The highest BCUT2D eigenvalue weighted by Gasteiger charge is 2.35. The van der Waals surface area contributed by atoms with Gasteiger partial charge in [-0.1, -0.05) is 61.2 Å². The summed E-state index contributed by atoms with van der Waals surface area (Å²) in [7, 11) is 3.92. The summed E-state index contributed by atoms with van der Waals surface area (Å²) in [5.74, 6) is 0.194. The number of benzene rings is 3. The van der Waals surface area contributed by atoms with Gasteiger partial charge in [0, 0.05) is 12.7 Å². The van der Waals surface area contributed by atoms with E-state index in [2.05, 4.69) is 54.2 Å². The van der Waals surface area contributed by atoms with Crippen LogP contribution in [0.3, 0.4) is 0 Å².